The summed E-state index contributed by atoms with van der Waals surface area (Å²) in [6.07, 6.45) is 2.55. The van der Waals surface area contributed by atoms with Gasteiger partial charge in [0.2, 0.25) is 0 Å². The molecule has 0 unspecified atom stereocenters. The molecule has 1 heterocycles. The van der Waals surface area contributed by atoms with Gasteiger partial charge in [-0.25, -0.2) is 12.4 Å². The van der Waals surface area contributed by atoms with E-state index in [9.17, 15) is 8.42 Å². The number of hydrogen-bond donors (Lipinski definition) is 0. The number of rotatable bonds is 3. The molecule has 0 saturated heterocycles. The summed E-state index contributed by atoms with van der Waals surface area (Å²) in [5.74, 6) is 0. The van der Waals surface area contributed by atoms with Crippen LogP contribution in [-0.4, -0.2) is 12.4 Å². The predicted octanol–water partition coefficient (Wildman–Crippen LogP) is 3.44. The molecule has 2 aromatic carbocycles. The Morgan fingerprint density at radius 3 is 2.45 bits per heavy atom. The summed E-state index contributed by atoms with van der Waals surface area (Å²) in [5, 5.41) is 0.948. The number of aryl methyl sites for hydroxylation is 1. The third kappa shape index (κ3) is 2.02. The maximum absolute atomic E-state index is 12.6. The minimum absolute atomic E-state index is 0.303. The Labute approximate surface area is 118 Å². The molecule has 0 saturated carbocycles. The lowest BCUT2D eigenvalue weighted by atomic mass is 10.1. The van der Waals surface area contributed by atoms with Crippen LogP contribution in [0.3, 0.4) is 0 Å². The molecule has 0 aliphatic carbocycles. The molecular formula is C16H15NO2S. The predicted molar refractivity (Wildman–Crippen MR) is 80.3 cm³/mol. The third-order valence-electron chi connectivity index (χ3n) is 3.43. The van der Waals surface area contributed by atoms with Gasteiger partial charge in [0, 0.05) is 11.6 Å². The maximum atomic E-state index is 12.6. The molecule has 0 aliphatic rings. The maximum Gasteiger partial charge on any atom is 0.268 e. The number of hydrogen-bond acceptors (Lipinski definition) is 2. The molecule has 1 aromatic heterocycles. The molecule has 0 amide bonds. The number of fused-ring (bicyclic) bond motifs is 1. The van der Waals surface area contributed by atoms with Crippen molar-refractivity contribution in [1.29, 1.82) is 0 Å². The van der Waals surface area contributed by atoms with E-state index in [-0.39, 0.29) is 0 Å². The monoisotopic (exact) mass is 285 g/mol. The first-order chi connectivity index (χ1) is 9.63. The zero-order chi connectivity index (χ0) is 14.2. The highest BCUT2D eigenvalue weighted by molar-refractivity contribution is 7.90. The SMILES string of the molecule is CCc1ccc2c(ccn2S(=O)(=O)c2ccccc2)c1. The summed E-state index contributed by atoms with van der Waals surface area (Å²) >= 11 is 0. The van der Waals surface area contributed by atoms with Gasteiger partial charge in [-0.2, -0.15) is 0 Å². The van der Waals surface area contributed by atoms with Gasteiger partial charge in [0.1, 0.15) is 0 Å². The van der Waals surface area contributed by atoms with Crippen LogP contribution in [0.2, 0.25) is 0 Å². The van der Waals surface area contributed by atoms with Crippen LogP contribution in [0.5, 0.6) is 0 Å². The fourth-order valence-electron chi connectivity index (χ4n) is 2.30. The van der Waals surface area contributed by atoms with Crippen molar-refractivity contribution in [2.45, 2.75) is 18.2 Å². The van der Waals surface area contributed by atoms with Crippen LogP contribution in [0.1, 0.15) is 12.5 Å². The van der Waals surface area contributed by atoms with Crippen molar-refractivity contribution in [3.8, 4) is 0 Å². The lowest BCUT2D eigenvalue weighted by Gasteiger charge is -2.07. The normalized spacial score (nSPS) is 11.8. The fourth-order valence-corrected chi connectivity index (χ4v) is 3.68. The van der Waals surface area contributed by atoms with Gasteiger partial charge in [-0.05, 0) is 42.3 Å². The molecule has 20 heavy (non-hydrogen) atoms. The van der Waals surface area contributed by atoms with E-state index in [4.69, 9.17) is 0 Å². The van der Waals surface area contributed by atoms with Gasteiger partial charge < -0.3 is 0 Å². The number of benzene rings is 2. The first-order valence-electron chi connectivity index (χ1n) is 6.53. The highest BCUT2D eigenvalue weighted by Gasteiger charge is 2.18. The van der Waals surface area contributed by atoms with Gasteiger partial charge in [-0.15, -0.1) is 0 Å². The first kappa shape index (κ1) is 12.9. The van der Waals surface area contributed by atoms with Gasteiger partial charge in [0.25, 0.3) is 10.0 Å². The molecule has 3 rings (SSSR count). The Bertz CT molecular complexity index is 849. The van der Waals surface area contributed by atoms with E-state index in [0.717, 1.165) is 11.8 Å². The molecule has 3 aromatic rings. The summed E-state index contributed by atoms with van der Waals surface area (Å²) in [4.78, 5) is 0.303. The van der Waals surface area contributed by atoms with Gasteiger partial charge in [0.05, 0.1) is 10.4 Å². The van der Waals surface area contributed by atoms with Gasteiger partial charge in [-0.3, -0.25) is 0 Å². The highest BCUT2D eigenvalue weighted by atomic mass is 32.2. The molecule has 3 nitrogen and oxygen atoms in total. The number of nitrogens with zero attached hydrogens (tertiary/aromatic N) is 1. The molecular weight excluding hydrogens is 270 g/mol. The van der Waals surface area contributed by atoms with Crippen molar-refractivity contribution in [2.24, 2.45) is 0 Å². The van der Waals surface area contributed by atoms with Crippen molar-refractivity contribution < 1.29 is 8.42 Å². The van der Waals surface area contributed by atoms with Crippen LogP contribution in [0.4, 0.5) is 0 Å². The van der Waals surface area contributed by atoms with E-state index in [1.807, 2.05) is 24.3 Å². The van der Waals surface area contributed by atoms with Gasteiger partial charge >= 0.3 is 0 Å². The smallest absolute Gasteiger partial charge is 0.241 e. The Kier molecular flexibility index (Phi) is 3.10. The Morgan fingerprint density at radius 1 is 1.00 bits per heavy atom. The van der Waals surface area contributed by atoms with Crippen LogP contribution in [-0.2, 0) is 16.4 Å². The lowest BCUT2D eigenvalue weighted by Crippen LogP contribution is -2.11. The molecule has 0 spiro atoms. The molecule has 4 heteroatoms. The van der Waals surface area contributed by atoms with Gasteiger partial charge in [-0.1, -0.05) is 31.2 Å². The van der Waals surface area contributed by atoms with Crippen molar-refractivity contribution in [2.75, 3.05) is 0 Å². The average Bonchev–Trinajstić information content (AvgIpc) is 2.91. The number of aromatic nitrogens is 1. The largest absolute Gasteiger partial charge is 0.268 e. The van der Waals surface area contributed by atoms with Crippen LogP contribution in [0.25, 0.3) is 10.9 Å². The molecule has 0 N–H and O–H groups in total. The lowest BCUT2D eigenvalue weighted by molar-refractivity contribution is 0.589. The molecule has 102 valence electrons. The van der Waals surface area contributed by atoms with Crippen molar-refractivity contribution >= 4 is 20.9 Å². The van der Waals surface area contributed by atoms with E-state index in [2.05, 4.69) is 6.92 Å². The topological polar surface area (TPSA) is 39.1 Å². The molecule has 0 aliphatic heterocycles. The summed E-state index contributed by atoms with van der Waals surface area (Å²) in [6, 6.07) is 16.2. The summed E-state index contributed by atoms with van der Waals surface area (Å²) in [5.41, 5.74) is 1.92. The van der Waals surface area contributed by atoms with Crippen molar-refractivity contribution in [3.05, 3.63) is 66.4 Å². The zero-order valence-corrected chi connectivity index (χ0v) is 12.0. The van der Waals surface area contributed by atoms with Crippen LogP contribution >= 0.6 is 0 Å². The van der Waals surface area contributed by atoms with E-state index in [0.29, 0.717) is 10.4 Å². The first-order valence-corrected chi connectivity index (χ1v) is 7.97. The summed E-state index contributed by atoms with van der Waals surface area (Å²) < 4.78 is 26.6. The molecule has 0 atom stereocenters. The highest BCUT2D eigenvalue weighted by Crippen LogP contribution is 2.23. The van der Waals surface area contributed by atoms with Gasteiger partial charge in [0.15, 0.2) is 0 Å². The Hall–Kier alpha value is -2.07. The minimum Gasteiger partial charge on any atom is -0.241 e. The Morgan fingerprint density at radius 2 is 1.75 bits per heavy atom. The van der Waals surface area contributed by atoms with Crippen LogP contribution in [0, 0.1) is 0 Å². The van der Waals surface area contributed by atoms with E-state index < -0.39 is 10.0 Å². The standard InChI is InChI=1S/C16H15NO2S/c1-2-13-8-9-16-14(12-13)10-11-17(16)20(18,19)15-6-4-3-5-7-15/h3-12H,2H2,1H3. The molecule has 0 bridgehead atoms. The Balaban J connectivity index is 2.20. The fraction of sp³-hybridized carbons (Fsp3) is 0.125. The summed E-state index contributed by atoms with van der Waals surface area (Å²) in [7, 11) is -3.53. The summed E-state index contributed by atoms with van der Waals surface area (Å²) in [6.45, 7) is 2.08. The quantitative estimate of drug-likeness (QED) is 0.739. The molecule has 0 fully saturated rings. The van der Waals surface area contributed by atoms with Crippen molar-refractivity contribution in [1.82, 2.24) is 3.97 Å². The minimum atomic E-state index is -3.53. The second-order valence-electron chi connectivity index (χ2n) is 4.68. The van der Waals surface area contributed by atoms with E-state index >= 15 is 0 Å². The second kappa shape index (κ2) is 4.80. The van der Waals surface area contributed by atoms with Crippen LogP contribution < -0.4 is 0 Å². The van der Waals surface area contributed by atoms with Crippen LogP contribution in [0.15, 0.2) is 65.7 Å². The average molecular weight is 285 g/mol. The second-order valence-corrected chi connectivity index (χ2v) is 6.49. The molecule has 0 radical (unpaired) electrons. The van der Waals surface area contributed by atoms with E-state index in [1.54, 1.807) is 36.5 Å². The van der Waals surface area contributed by atoms with E-state index in [1.165, 1.54) is 9.54 Å². The third-order valence-corrected chi connectivity index (χ3v) is 5.13. The zero-order valence-electron chi connectivity index (χ0n) is 11.2. The van der Waals surface area contributed by atoms with Crippen molar-refractivity contribution in [3.63, 3.8) is 0 Å².